The summed E-state index contributed by atoms with van der Waals surface area (Å²) in [5, 5.41) is 9.60. The lowest BCUT2D eigenvalue weighted by Gasteiger charge is -2.31. The molecule has 198 valence electrons. The highest BCUT2D eigenvalue weighted by Gasteiger charge is 2.34. The minimum absolute atomic E-state index is 0.0646. The van der Waals surface area contributed by atoms with E-state index < -0.39 is 0 Å². The first-order valence-electron chi connectivity index (χ1n) is 12.6. The van der Waals surface area contributed by atoms with E-state index in [9.17, 15) is 14.0 Å². The van der Waals surface area contributed by atoms with Crippen molar-refractivity contribution in [3.63, 3.8) is 0 Å². The Balaban J connectivity index is 1.55. The molecule has 0 aromatic heterocycles. The molecule has 37 heavy (non-hydrogen) atoms. The van der Waals surface area contributed by atoms with Crippen LogP contribution >= 0.6 is 11.6 Å². The largest absolute Gasteiger partial charge is 0.379 e. The van der Waals surface area contributed by atoms with Gasteiger partial charge in [-0.25, -0.2) is 14.2 Å². The quantitative estimate of drug-likeness (QED) is 0.562. The molecule has 1 N–H and O–H groups in total. The molecule has 1 fully saturated rings. The number of halogens is 2. The molecular weight excluding hydrogens is 497 g/mol. The van der Waals surface area contributed by atoms with E-state index in [0.717, 1.165) is 24.2 Å². The molecule has 8 nitrogen and oxygen atoms in total. The van der Waals surface area contributed by atoms with E-state index in [2.05, 4.69) is 15.3 Å². The molecule has 2 aliphatic heterocycles. The van der Waals surface area contributed by atoms with Gasteiger partial charge in [-0.15, -0.1) is 0 Å². The highest BCUT2D eigenvalue weighted by molar-refractivity contribution is 6.30. The van der Waals surface area contributed by atoms with Gasteiger partial charge in [0.2, 0.25) is 0 Å². The standard InChI is InChI=1S/C27H33ClFN5O3/c1-19(2)30-27(36)33(12-11-32-13-15-37-16-14-32)18-26(35)34-25(21-3-7-22(28)8-4-21)17-24(31-34)20-5-9-23(29)10-6-20/h3-10,19,25H,11-18H2,1-2H3,(H,30,36). The second kappa shape index (κ2) is 12.5. The number of morpholine rings is 1. The number of carbonyl (C=O) groups excluding carboxylic acids is 2. The molecule has 0 spiro atoms. The zero-order valence-electron chi connectivity index (χ0n) is 21.2. The van der Waals surface area contributed by atoms with Gasteiger partial charge in [0, 0.05) is 43.7 Å². The highest BCUT2D eigenvalue weighted by Crippen LogP contribution is 2.33. The van der Waals surface area contributed by atoms with Crippen LogP contribution in [0.4, 0.5) is 9.18 Å². The van der Waals surface area contributed by atoms with E-state index in [1.54, 1.807) is 29.2 Å². The van der Waals surface area contributed by atoms with Crippen LogP contribution in [0.15, 0.2) is 53.6 Å². The van der Waals surface area contributed by atoms with Gasteiger partial charge < -0.3 is 15.0 Å². The molecule has 0 radical (unpaired) electrons. The first-order chi connectivity index (χ1) is 17.8. The number of hydrazone groups is 1. The lowest BCUT2D eigenvalue weighted by molar-refractivity contribution is -0.133. The van der Waals surface area contributed by atoms with Crippen molar-refractivity contribution < 1.29 is 18.7 Å². The van der Waals surface area contributed by atoms with E-state index in [0.29, 0.717) is 43.5 Å². The Hall–Kier alpha value is -3.01. The van der Waals surface area contributed by atoms with Crippen LogP contribution in [0, 0.1) is 5.82 Å². The molecule has 2 aromatic rings. The van der Waals surface area contributed by atoms with Crippen molar-refractivity contribution >= 4 is 29.3 Å². The maximum Gasteiger partial charge on any atom is 0.318 e. The molecule has 10 heteroatoms. The fourth-order valence-corrected chi connectivity index (χ4v) is 4.54. The number of urea groups is 1. The van der Waals surface area contributed by atoms with Crippen molar-refractivity contribution in [1.29, 1.82) is 0 Å². The molecule has 0 saturated carbocycles. The van der Waals surface area contributed by atoms with Gasteiger partial charge in [-0.3, -0.25) is 9.69 Å². The Morgan fingerprint density at radius 1 is 1.14 bits per heavy atom. The van der Waals surface area contributed by atoms with Gasteiger partial charge in [-0.2, -0.15) is 5.10 Å². The summed E-state index contributed by atoms with van der Waals surface area (Å²) in [4.78, 5) is 30.4. The highest BCUT2D eigenvalue weighted by atomic mass is 35.5. The summed E-state index contributed by atoms with van der Waals surface area (Å²) in [6, 6.07) is 12.7. The average molecular weight is 530 g/mol. The number of nitrogens with one attached hydrogen (secondary N) is 1. The molecular formula is C27H33ClFN5O3. The molecule has 0 aliphatic carbocycles. The summed E-state index contributed by atoms with van der Waals surface area (Å²) >= 11 is 6.09. The van der Waals surface area contributed by atoms with Gasteiger partial charge in [0.15, 0.2) is 0 Å². The monoisotopic (exact) mass is 529 g/mol. The van der Waals surface area contributed by atoms with E-state index >= 15 is 0 Å². The van der Waals surface area contributed by atoms with Gasteiger partial charge in [0.1, 0.15) is 12.4 Å². The molecule has 2 heterocycles. The van der Waals surface area contributed by atoms with Gasteiger partial charge in [-0.1, -0.05) is 35.9 Å². The maximum absolute atomic E-state index is 13.7. The topological polar surface area (TPSA) is 77.5 Å². The van der Waals surface area contributed by atoms with Crippen LogP contribution in [0.25, 0.3) is 0 Å². The molecule has 1 atom stereocenters. The second-order valence-electron chi connectivity index (χ2n) is 9.54. The number of benzene rings is 2. The molecule has 0 bridgehead atoms. The minimum Gasteiger partial charge on any atom is -0.379 e. The number of hydrogen-bond donors (Lipinski definition) is 1. The van der Waals surface area contributed by atoms with Crippen molar-refractivity contribution in [3.05, 3.63) is 70.5 Å². The Morgan fingerprint density at radius 3 is 2.46 bits per heavy atom. The first-order valence-corrected chi connectivity index (χ1v) is 12.9. The van der Waals surface area contributed by atoms with Gasteiger partial charge >= 0.3 is 6.03 Å². The van der Waals surface area contributed by atoms with Crippen molar-refractivity contribution in [1.82, 2.24) is 20.1 Å². The third-order valence-electron chi connectivity index (χ3n) is 6.41. The maximum atomic E-state index is 13.7. The van der Waals surface area contributed by atoms with Crippen molar-refractivity contribution in [2.24, 2.45) is 5.10 Å². The lowest BCUT2D eigenvalue weighted by atomic mass is 9.98. The predicted octanol–water partition coefficient (Wildman–Crippen LogP) is 3.91. The number of amides is 3. The van der Waals surface area contributed by atoms with Crippen molar-refractivity contribution in [3.8, 4) is 0 Å². The fraction of sp³-hybridized carbons (Fsp3) is 0.444. The van der Waals surface area contributed by atoms with E-state index in [1.807, 2.05) is 26.0 Å². The number of hydrogen-bond acceptors (Lipinski definition) is 5. The number of carbonyl (C=O) groups is 2. The third-order valence-corrected chi connectivity index (χ3v) is 6.67. The minimum atomic E-state index is -0.362. The smallest absolute Gasteiger partial charge is 0.318 e. The Morgan fingerprint density at radius 2 is 1.81 bits per heavy atom. The molecule has 1 saturated heterocycles. The van der Waals surface area contributed by atoms with Crippen LogP contribution in [0.1, 0.15) is 37.4 Å². The van der Waals surface area contributed by atoms with Gasteiger partial charge in [0.25, 0.3) is 5.91 Å². The van der Waals surface area contributed by atoms with Crippen molar-refractivity contribution in [2.75, 3.05) is 45.9 Å². The SMILES string of the molecule is CC(C)NC(=O)N(CCN1CCOCC1)CC(=O)N1N=C(c2ccc(F)cc2)CC1c1ccc(Cl)cc1. The van der Waals surface area contributed by atoms with Crippen molar-refractivity contribution in [2.45, 2.75) is 32.4 Å². The molecule has 2 aliphatic rings. The average Bonchev–Trinajstić information content (AvgIpc) is 3.33. The predicted molar refractivity (Wildman–Crippen MR) is 141 cm³/mol. The molecule has 3 amide bonds. The zero-order valence-corrected chi connectivity index (χ0v) is 22.0. The summed E-state index contributed by atoms with van der Waals surface area (Å²) in [5.74, 6) is -0.630. The van der Waals surface area contributed by atoms with Crippen LogP contribution in [0.3, 0.4) is 0 Å². The first kappa shape index (κ1) is 27.0. The summed E-state index contributed by atoms with van der Waals surface area (Å²) in [5.41, 5.74) is 2.31. The summed E-state index contributed by atoms with van der Waals surface area (Å²) < 4.78 is 18.9. The molecule has 2 aromatic carbocycles. The Bertz CT molecular complexity index is 1100. The second-order valence-corrected chi connectivity index (χ2v) is 9.98. The lowest BCUT2D eigenvalue weighted by Crippen LogP contribution is -2.50. The summed E-state index contributed by atoms with van der Waals surface area (Å²) in [6.07, 6.45) is 0.463. The van der Waals surface area contributed by atoms with Gasteiger partial charge in [-0.05, 0) is 49.2 Å². The Labute approximate surface area is 222 Å². The van der Waals surface area contributed by atoms with Crippen LogP contribution in [0.5, 0.6) is 0 Å². The van der Waals surface area contributed by atoms with Gasteiger partial charge in [0.05, 0.1) is 25.0 Å². The van der Waals surface area contributed by atoms with E-state index in [1.165, 1.54) is 17.1 Å². The summed E-state index contributed by atoms with van der Waals surface area (Å²) in [7, 11) is 0. The number of nitrogens with zero attached hydrogens (tertiary/aromatic N) is 4. The third kappa shape index (κ3) is 7.28. The van der Waals surface area contributed by atoms with Crippen LogP contribution in [0.2, 0.25) is 5.02 Å². The molecule has 1 unspecified atom stereocenters. The molecule has 4 rings (SSSR count). The zero-order chi connectivity index (χ0) is 26.4. The fourth-order valence-electron chi connectivity index (χ4n) is 4.41. The normalized spacial score (nSPS) is 18.1. The van der Waals surface area contributed by atoms with Crippen LogP contribution in [-0.2, 0) is 9.53 Å². The van der Waals surface area contributed by atoms with E-state index in [-0.39, 0.29) is 36.4 Å². The van der Waals surface area contributed by atoms with E-state index in [4.69, 9.17) is 16.3 Å². The van der Waals surface area contributed by atoms with Crippen LogP contribution < -0.4 is 5.32 Å². The number of rotatable bonds is 8. The van der Waals surface area contributed by atoms with Crippen LogP contribution in [-0.4, -0.2) is 84.4 Å². The Kier molecular flexibility index (Phi) is 9.13. The summed E-state index contributed by atoms with van der Waals surface area (Å²) in [6.45, 7) is 7.61. The number of ether oxygens (including phenoxy) is 1.